The lowest BCUT2D eigenvalue weighted by atomic mass is 9.88. The van der Waals surface area contributed by atoms with Gasteiger partial charge in [-0.05, 0) is 36.8 Å². The largest absolute Gasteiger partial charge is 0.381 e. The van der Waals surface area contributed by atoms with Gasteiger partial charge in [-0.15, -0.1) is 11.3 Å². The van der Waals surface area contributed by atoms with Gasteiger partial charge in [0, 0.05) is 18.1 Å². The lowest BCUT2D eigenvalue weighted by molar-refractivity contribution is 0.0533. The summed E-state index contributed by atoms with van der Waals surface area (Å²) in [5, 5.41) is 2.12. The molecule has 3 heteroatoms. The Morgan fingerprint density at radius 2 is 2.15 bits per heavy atom. The molecule has 1 fully saturated rings. The third-order valence-corrected chi connectivity index (χ3v) is 3.94. The number of hydrogen-bond acceptors (Lipinski definition) is 3. The van der Waals surface area contributed by atoms with E-state index < -0.39 is 0 Å². The third-order valence-electron chi connectivity index (χ3n) is 2.70. The van der Waals surface area contributed by atoms with Crippen molar-refractivity contribution in [2.75, 3.05) is 13.2 Å². The highest BCUT2D eigenvalue weighted by atomic mass is 32.1. The molecule has 0 bridgehead atoms. The molecule has 0 saturated carbocycles. The van der Waals surface area contributed by atoms with Crippen molar-refractivity contribution in [2.45, 2.75) is 25.3 Å². The molecule has 0 radical (unpaired) electrons. The zero-order valence-electron chi connectivity index (χ0n) is 7.88. The molecule has 13 heavy (non-hydrogen) atoms. The highest BCUT2D eigenvalue weighted by Crippen LogP contribution is 2.34. The van der Waals surface area contributed by atoms with Crippen LogP contribution < -0.4 is 5.73 Å². The molecular weight excluding hydrogens is 182 g/mol. The number of rotatable bonds is 1. The van der Waals surface area contributed by atoms with E-state index in [2.05, 4.69) is 18.4 Å². The molecule has 0 amide bonds. The lowest BCUT2D eigenvalue weighted by Gasteiger charge is -2.33. The summed E-state index contributed by atoms with van der Waals surface area (Å²) in [5.41, 5.74) is 7.57. The normalized spacial score (nSPS) is 21.7. The first-order valence-corrected chi connectivity index (χ1v) is 5.51. The molecule has 2 N–H and O–H groups in total. The van der Waals surface area contributed by atoms with Gasteiger partial charge >= 0.3 is 0 Å². The van der Waals surface area contributed by atoms with Crippen LogP contribution in [0.3, 0.4) is 0 Å². The van der Waals surface area contributed by atoms with Gasteiger partial charge < -0.3 is 10.5 Å². The van der Waals surface area contributed by atoms with Crippen molar-refractivity contribution in [3.63, 3.8) is 0 Å². The van der Waals surface area contributed by atoms with Crippen molar-refractivity contribution in [3.8, 4) is 0 Å². The molecule has 0 spiro atoms. The van der Waals surface area contributed by atoms with Crippen LogP contribution in [0, 0.1) is 6.92 Å². The Labute approximate surface area is 82.7 Å². The smallest absolute Gasteiger partial charge is 0.0550 e. The van der Waals surface area contributed by atoms with E-state index in [1.54, 1.807) is 11.3 Å². The molecule has 0 aliphatic carbocycles. The summed E-state index contributed by atoms with van der Waals surface area (Å²) in [4.78, 5) is 1.34. The summed E-state index contributed by atoms with van der Waals surface area (Å²) in [6.07, 6.45) is 1.91. The maximum atomic E-state index is 6.36. The molecule has 1 aliphatic heterocycles. The van der Waals surface area contributed by atoms with Gasteiger partial charge in [0.1, 0.15) is 0 Å². The van der Waals surface area contributed by atoms with Gasteiger partial charge in [0.15, 0.2) is 0 Å². The minimum absolute atomic E-state index is 0.115. The SMILES string of the molecule is Cc1ccsc1C1(N)CCOCC1. The van der Waals surface area contributed by atoms with Crippen LogP contribution >= 0.6 is 11.3 Å². The summed E-state index contributed by atoms with van der Waals surface area (Å²) in [6, 6.07) is 2.14. The fourth-order valence-electron chi connectivity index (χ4n) is 1.85. The van der Waals surface area contributed by atoms with E-state index in [1.165, 1.54) is 10.4 Å². The highest BCUT2D eigenvalue weighted by molar-refractivity contribution is 7.10. The van der Waals surface area contributed by atoms with E-state index >= 15 is 0 Å². The lowest BCUT2D eigenvalue weighted by Crippen LogP contribution is -2.41. The van der Waals surface area contributed by atoms with Crippen molar-refractivity contribution in [1.82, 2.24) is 0 Å². The van der Waals surface area contributed by atoms with Crippen LogP contribution in [0.4, 0.5) is 0 Å². The standard InChI is InChI=1S/C10H15NOS/c1-8-2-7-13-9(8)10(11)3-5-12-6-4-10/h2,7H,3-6,11H2,1H3. The van der Waals surface area contributed by atoms with Crippen molar-refractivity contribution in [2.24, 2.45) is 5.73 Å². The summed E-state index contributed by atoms with van der Waals surface area (Å²) in [6.45, 7) is 3.73. The maximum absolute atomic E-state index is 6.36. The Morgan fingerprint density at radius 3 is 2.69 bits per heavy atom. The van der Waals surface area contributed by atoms with Crippen LogP contribution in [0.1, 0.15) is 23.3 Å². The molecular formula is C10H15NOS. The first kappa shape index (κ1) is 9.19. The second-order valence-corrected chi connectivity index (χ2v) is 4.62. The Kier molecular flexibility index (Phi) is 2.41. The minimum atomic E-state index is -0.115. The van der Waals surface area contributed by atoms with Gasteiger partial charge in [0.05, 0.1) is 5.54 Å². The van der Waals surface area contributed by atoms with Crippen LogP contribution in [0.25, 0.3) is 0 Å². The van der Waals surface area contributed by atoms with Crippen LogP contribution in [-0.2, 0) is 10.3 Å². The zero-order chi connectivity index (χ0) is 9.31. The number of thiophene rings is 1. The Bertz CT molecular complexity index is 289. The first-order valence-electron chi connectivity index (χ1n) is 4.63. The minimum Gasteiger partial charge on any atom is -0.381 e. The molecule has 2 nitrogen and oxygen atoms in total. The van der Waals surface area contributed by atoms with Gasteiger partial charge in [0.2, 0.25) is 0 Å². The summed E-state index contributed by atoms with van der Waals surface area (Å²) >= 11 is 1.77. The van der Waals surface area contributed by atoms with Gasteiger partial charge in [0.25, 0.3) is 0 Å². The maximum Gasteiger partial charge on any atom is 0.0550 e. The topological polar surface area (TPSA) is 35.2 Å². The third kappa shape index (κ3) is 1.64. The monoisotopic (exact) mass is 197 g/mol. The van der Waals surface area contributed by atoms with Gasteiger partial charge in [-0.2, -0.15) is 0 Å². The molecule has 1 aliphatic rings. The number of nitrogens with two attached hydrogens (primary N) is 1. The summed E-state index contributed by atoms with van der Waals surface area (Å²) in [5.74, 6) is 0. The molecule has 1 saturated heterocycles. The van der Waals surface area contributed by atoms with E-state index in [1.807, 2.05) is 0 Å². The second-order valence-electron chi connectivity index (χ2n) is 3.70. The van der Waals surface area contributed by atoms with Gasteiger partial charge in [-0.25, -0.2) is 0 Å². The van der Waals surface area contributed by atoms with Crippen molar-refractivity contribution >= 4 is 11.3 Å². The fraction of sp³-hybridized carbons (Fsp3) is 0.600. The van der Waals surface area contributed by atoms with Crippen LogP contribution in [0.15, 0.2) is 11.4 Å². The zero-order valence-corrected chi connectivity index (χ0v) is 8.69. The molecule has 1 aromatic heterocycles. The number of hydrogen-bond donors (Lipinski definition) is 1. The molecule has 2 heterocycles. The van der Waals surface area contributed by atoms with Crippen LogP contribution in [-0.4, -0.2) is 13.2 Å². The van der Waals surface area contributed by atoms with Crippen molar-refractivity contribution in [1.29, 1.82) is 0 Å². The van der Waals surface area contributed by atoms with E-state index in [0.717, 1.165) is 26.1 Å². The summed E-state index contributed by atoms with van der Waals surface area (Å²) in [7, 11) is 0. The predicted octanol–water partition coefficient (Wildman–Crippen LogP) is 2.02. The van der Waals surface area contributed by atoms with E-state index in [9.17, 15) is 0 Å². The van der Waals surface area contributed by atoms with Crippen LogP contribution in [0.2, 0.25) is 0 Å². The Hall–Kier alpha value is -0.380. The van der Waals surface area contributed by atoms with E-state index in [0.29, 0.717) is 0 Å². The average Bonchev–Trinajstić information content (AvgIpc) is 2.53. The Balaban J connectivity index is 2.27. The molecule has 72 valence electrons. The molecule has 0 aromatic carbocycles. The van der Waals surface area contributed by atoms with Gasteiger partial charge in [-0.3, -0.25) is 0 Å². The molecule has 0 atom stereocenters. The highest BCUT2D eigenvalue weighted by Gasteiger charge is 2.32. The van der Waals surface area contributed by atoms with E-state index in [4.69, 9.17) is 10.5 Å². The molecule has 2 rings (SSSR count). The number of aryl methyl sites for hydroxylation is 1. The van der Waals surface area contributed by atoms with Gasteiger partial charge in [-0.1, -0.05) is 0 Å². The second kappa shape index (κ2) is 3.40. The first-order chi connectivity index (χ1) is 6.22. The number of ether oxygens (including phenoxy) is 1. The van der Waals surface area contributed by atoms with Crippen molar-refractivity contribution < 1.29 is 4.74 Å². The summed E-state index contributed by atoms with van der Waals surface area (Å²) < 4.78 is 5.33. The quantitative estimate of drug-likeness (QED) is 0.747. The average molecular weight is 197 g/mol. The van der Waals surface area contributed by atoms with Crippen LogP contribution in [0.5, 0.6) is 0 Å². The van der Waals surface area contributed by atoms with E-state index in [-0.39, 0.29) is 5.54 Å². The molecule has 1 aromatic rings. The molecule has 0 unspecified atom stereocenters. The Morgan fingerprint density at radius 1 is 1.46 bits per heavy atom. The fourth-order valence-corrected chi connectivity index (χ4v) is 2.95. The van der Waals surface area contributed by atoms with Crippen molar-refractivity contribution in [3.05, 3.63) is 21.9 Å². The predicted molar refractivity (Wildman–Crippen MR) is 55.0 cm³/mol.